The fraction of sp³-hybridized carbons (Fsp3) is 0. The molecule has 0 aliphatic carbocycles. The number of aromatic nitrogens is 4. The predicted molar refractivity (Wildman–Crippen MR) is 221 cm³/mol. The molecule has 54 heavy (non-hydrogen) atoms. The average Bonchev–Trinajstić information content (AvgIpc) is 3.90. The van der Waals surface area contributed by atoms with Crippen LogP contribution < -0.4 is 0 Å². The first-order chi connectivity index (χ1) is 30.9. The highest BCUT2D eigenvalue weighted by atomic mass is 16.3. The van der Waals surface area contributed by atoms with Crippen molar-refractivity contribution in [2.45, 2.75) is 0 Å². The maximum atomic E-state index is 9.48. The van der Waals surface area contributed by atoms with Gasteiger partial charge < -0.3 is 8.98 Å². The third kappa shape index (κ3) is 4.90. The Balaban J connectivity index is 1.15. The quantitative estimate of drug-likeness (QED) is 0.179. The maximum Gasteiger partial charge on any atom is 0.164 e. The number of hydrogen-bond donors (Lipinski definition) is 0. The lowest BCUT2D eigenvalue weighted by molar-refractivity contribution is 0.668. The van der Waals surface area contributed by atoms with Gasteiger partial charge in [-0.25, -0.2) is 15.0 Å². The molecule has 8 aromatic carbocycles. The van der Waals surface area contributed by atoms with Gasteiger partial charge in [0.15, 0.2) is 17.5 Å². The predicted octanol–water partition coefficient (Wildman–Crippen LogP) is 12.7. The number of rotatable bonds is 5. The highest BCUT2D eigenvalue weighted by Gasteiger charge is 2.20. The lowest BCUT2D eigenvalue weighted by atomic mass is 10.0. The maximum absolute atomic E-state index is 9.48. The van der Waals surface area contributed by atoms with Crippen LogP contribution in [0.2, 0.25) is 0 Å². The monoisotopic (exact) mass is 700 g/mol. The van der Waals surface area contributed by atoms with Gasteiger partial charge in [0, 0.05) is 50.0 Å². The Kier molecular flexibility index (Phi) is 4.90. The summed E-state index contributed by atoms with van der Waals surface area (Å²) in [6, 6.07) is 33.8. The van der Waals surface area contributed by atoms with Crippen molar-refractivity contribution in [3.05, 3.63) is 182 Å². The van der Waals surface area contributed by atoms with Gasteiger partial charge >= 0.3 is 0 Å². The highest BCUT2D eigenvalue weighted by Crippen LogP contribution is 2.40. The van der Waals surface area contributed by atoms with E-state index in [1.54, 1.807) is 12.1 Å². The minimum Gasteiger partial charge on any atom is -0.456 e. The molecule has 0 fully saturated rings. The van der Waals surface area contributed by atoms with E-state index in [1.807, 2.05) is 97.1 Å². The van der Waals surface area contributed by atoms with Crippen molar-refractivity contribution in [3.8, 4) is 51.0 Å². The van der Waals surface area contributed by atoms with Gasteiger partial charge in [0.25, 0.3) is 0 Å². The number of para-hydroxylation sites is 1. The van der Waals surface area contributed by atoms with Crippen LogP contribution in [-0.2, 0) is 0 Å². The molecule has 0 N–H and O–H groups in total. The number of hydrogen-bond acceptors (Lipinski definition) is 4. The molecule has 5 nitrogen and oxygen atoms in total. The van der Waals surface area contributed by atoms with Gasteiger partial charge in [-0.2, -0.15) is 0 Å². The van der Waals surface area contributed by atoms with Crippen LogP contribution in [0.4, 0.5) is 0 Å². The normalized spacial score (nSPS) is 14.3. The van der Waals surface area contributed by atoms with E-state index >= 15 is 0 Å². The Morgan fingerprint density at radius 3 is 1.87 bits per heavy atom. The molecule has 3 heterocycles. The summed E-state index contributed by atoms with van der Waals surface area (Å²) in [5, 5.41) is 0.897. The fourth-order valence-corrected chi connectivity index (χ4v) is 7.16. The van der Waals surface area contributed by atoms with Crippen LogP contribution in [0.5, 0.6) is 0 Å². The van der Waals surface area contributed by atoms with E-state index in [4.69, 9.17) is 30.3 Å². The average molecular weight is 701 g/mol. The first-order valence-corrected chi connectivity index (χ1v) is 17.3. The topological polar surface area (TPSA) is 56.7 Å². The van der Waals surface area contributed by atoms with Gasteiger partial charge in [-0.3, -0.25) is 0 Å². The third-order valence-electron chi connectivity index (χ3n) is 9.68. The van der Waals surface area contributed by atoms with Crippen LogP contribution in [-0.4, -0.2) is 19.5 Å². The molecule has 252 valence electrons. The summed E-state index contributed by atoms with van der Waals surface area (Å²) in [5.41, 5.74) is 5.62. The van der Waals surface area contributed by atoms with Crippen LogP contribution in [0.25, 0.3) is 105 Å². The van der Waals surface area contributed by atoms with Gasteiger partial charge in [-0.1, -0.05) is 139 Å². The largest absolute Gasteiger partial charge is 0.456 e. The molecule has 5 heteroatoms. The van der Waals surface area contributed by atoms with Crippen molar-refractivity contribution in [3.63, 3.8) is 0 Å². The van der Waals surface area contributed by atoms with E-state index < -0.39 is 48.3 Å². The van der Waals surface area contributed by atoms with Crippen molar-refractivity contribution < 1.29 is 18.1 Å². The zero-order valence-corrected chi connectivity index (χ0v) is 28.2. The Bertz CT molecular complexity index is 3780. The van der Waals surface area contributed by atoms with Crippen LogP contribution in [0.15, 0.2) is 186 Å². The van der Waals surface area contributed by atoms with Gasteiger partial charge in [-0.15, -0.1) is 0 Å². The lowest BCUT2D eigenvalue weighted by Gasteiger charge is -2.10. The molecule has 0 aliphatic rings. The summed E-state index contributed by atoms with van der Waals surface area (Å²) in [6.07, 6.45) is 0. The minimum absolute atomic E-state index is 0.0105. The van der Waals surface area contributed by atoms with Crippen LogP contribution in [0.1, 0.15) is 13.7 Å². The van der Waals surface area contributed by atoms with Crippen LogP contribution >= 0.6 is 0 Å². The second-order valence-corrected chi connectivity index (χ2v) is 12.9. The second-order valence-electron chi connectivity index (χ2n) is 12.9. The molecule has 0 unspecified atom stereocenters. The Hall–Kier alpha value is -7.37. The molecular formula is C49H30N4O. The summed E-state index contributed by atoms with van der Waals surface area (Å²) >= 11 is 0. The molecule has 0 saturated heterocycles. The molecule has 0 radical (unpaired) electrons. The molecule has 0 bridgehead atoms. The molecule has 0 amide bonds. The van der Waals surface area contributed by atoms with E-state index in [2.05, 4.69) is 12.1 Å². The first kappa shape index (κ1) is 21.9. The first-order valence-electron chi connectivity index (χ1n) is 22.3. The van der Waals surface area contributed by atoms with E-state index in [0.717, 1.165) is 22.3 Å². The third-order valence-corrected chi connectivity index (χ3v) is 9.68. The summed E-state index contributed by atoms with van der Waals surface area (Å²) in [6.45, 7) is 0. The molecule has 3 aromatic heterocycles. The van der Waals surface area contributed by atoms with Crippen LogP contribution in [0.3, 0.4) is 0 Å². The van der Waals surface area contributed by atoms with E-state index in [9.17, 15) is 2.74 Å². The van der Waals surface area contributed by atoms with Crippen LogP contribution in [0, 0.1) is 0 Å². The number of furan rings is 1. The SMILES string of the molecule is [2H]c1c([2H])c([2H])c2c([2H])c3c(c([2H])c2c1[2H])c1c([2H])c([2H])c([2H])c([2H])c1n3-c1ccc2c(c1)oc1cccc(-c3nc(-c4ccccc4)nc(-c4ccc(-c5ccccc5)cc4)n3)c12. The van der Waals surface area contributed by atoms with Gasteiger partial charge in [-0.05, 0) is 58.2 Å². The zero-order valence-electron chi connectivity index (χ0n) is 38.2. The number of benzene rings is 8. The van der Waals surface area contributed by atoms with E-state index in [0.29, 0.717) is 50.7 Å². The fourth-order valence-electron chi connectivity index (χ4n) is 7.16. The summed E-state index contributed by atoms with van der Waals surface area (Å²) < 4.78 is 96.2. The zero-order chi connectivity index (χ0) is 44.3. The summed E-state index contributed by atoms with van der Waals surface area (Å²) in [5.74, 6) is 1.36. The molecule has 0 spiro atoms. The van der Waals surface area contributed by atoms with Crippen molar-refractivity contribution in [2.75, 3.05) is 0 Å². The number of fused-ring (bicyclic) bond motifs is 7. The molecule has 0 atom stereocenters. The standard InChI is InChI=1S/C49H30N4O/c1-3-12-31(13-4-1)32-22-24-34(25-23-32)48-50-47(33-14-5-2-6-15-33)51-49(52-48)40-19-11-21-44-46(40)39-27-26-37(30-45(39)54-44)53-42-20-10-9-18-38(42)41-28-35-16-7-8-17-36(35)29-43(41)53/h1-30H/i7D,8D,9D,10D,16D,17D,18D,20D,28D,29D. The molecule has 11 aromatic rings. The second kappa shape index (κ2) is 12.1. The Morgan fingerprint density at radius 2 is 1.09 bits per heavy atom. The smallest absolute Gasteiger partial charge is 0.164 e. The highest BCUT2D eigenvalue weighted by molar-refractivity contribution is 6.15. The van der Waals surface area contributed by atoms with Crippen molar-refractivity contribution in [2.24, 2.45) is 0 Å². The molecule has 0 saturated carbocycles. The minimum atomic E-state index is -0.577. The van der Waals surface area contributed by atoms with Crippen molar-refractivity contribution in [1.29, 1.82) is 0 Å². The van der Waals surface area contributed by atoms with Crippen molar-refractivity contribution in [1.82, 2.24) is 19.5 Å². The van der Waals surface area contributed by atoms with Gasteiger partial charge in [0.1, 0.15) is 11.2 Å². The van der Waals surface area contributed by atoms with Gasteiger partial charge in [0.2, 0.25) is 0 Å². The molecule has 11 rings (SSSR count). The number of nitrogens with zero attached hydrogens (tertiary/aromatic N) is 4. The molecule has 0 aliphatic heterocycles. The Labute approximate surface area is 324 Å². The van der Waals surface area contributed by atoms with Gasteiger partial charge in [0.05, 0.1) is 24.7 Å². The lowest BCUT2D eigenvalue weighted by Crippen LogP contribution is -2.00. The van der Waals surface area contributed by atoms with E-state index in [-0.39, 0.29) is 44.7 Å². The Morgan fingerprint density at radius 1 is 0.463 bits per heavy atom. The van der Waals surface area contributed by atoms with E-state index in [1.165, 1.54) is 4.57 Å². The summed E-state index contributed by atoms with van der Waals surface area (Å²) in [4.78, 5) is 15.0. The van der Waals surface area contributed by atoms with Crippen molar-refractivity contribution >= 4 is 54.5 Å². The summed E-state index contributed by atoms with van der Waals surface area (Å²) in [7, 11) is 0. The molecular weight excluding hydrogens is 661 g/mol.